The number of H-pyrrole nitrogens is 1. The third-order valence-corrected chi connectivity index (χ3v) is 4.65. The van der Waals surface area contributed by atoms with E-state index in [0.29, 0.717) is 16.5 Å². The number of thioether (sulfide) groups is 1. The van der Waals surface area contributed by atoms with Gasteiger partial charge in [-0.25, -0.2) is 9.37 Å². The average molecular weight is 356 g/mol. The van der Waals surface area contributed by atoms with Crippen molar-refractivity contribution in [2.75, 3.05) is 11.9 Å². The maximum atomic E-state index is 13.8. The van der Waals surface area contributed by atoms with Gasteiger partial charge in [-0.2, -0.15) is 0 Å². The number of halogens is 1. The van der Waals surface area contributed by atoms with Gasteiger partial charge in [0.2, 0.25) is 11.1 Å². The van der Waals surface area contributed by atoms with Crippen molar-refractivity contribution in [2.45, 2.75) is 17.3 Å². The molecule has 0 bridgehead atoms. The molecular formula is C18H17FN4OS. The fourth-order valence-corrected chi connectivity index (χ4v) is 3.15. The first-order chi connectivity index (χ1) is 12.1. The molecule has 0 saturated carbocycles. The summed E-state index contributed by atoms with van der Waals surface area (Å²) in [5.41, 5.74) is 1.17. The molecule has 1 aromatic heterocycles. The molecule has 3 rings (SSSR count). The van der Waals surface area contributed by atoms with Gasteiger partial charge in [0.05, 0.1) is 10.8 Å². The summed E-state index contributed by atoms with van der Waals surface area (Å²) in [7, 11) is 1.73. The number of amides is 1. The van der Waals surface area contributed by atoms with Crippen molar-refractivity contribution in [1.29, 1.82) is 0 Å². The Morgan fingerprint density at radius 3 is 2.56 bits per heavy atom. The summed E-state index contributed by atoms with van der Waals surface area (Å²) < 4.78 is 13.8. The van der Waals surface area contributed by atoms with Crippen molar-refractivity contribution in [1.82, 2.24) is 15.2 Å². The summed E-state index contributed by atoms with van der Waals surface area (Å²) in [6, 6.07) is 15.8. The van der Waals surface area contributed by atoms with Crippen LogP contribution in [-0.4, -0.2) is 33.4 Å². The lowest BCUT2D eigenvalue weighted by Crippen LogP contribution is -2.33. The van der Waals surface area contributed by atoms with E-state index in [4.69, 9.17) is 0 Å². The van der Waals surface area contributed by atoms with Crippen molar-refractivity contribution in [3.8, 4) is 11.4 Å². The van der Waals surface area contributed by atoms with Crippen LogP contribution >= 0.6 is 11.8 Å². The molecule has 1 amide bonds. The van der Waals surface area contributed by atoms with Gasteiger partial charge in [-0.15, -0.1) is 5.10 Å². The predicted octanol–water partition coefficient (Wildman–Crippen LogP) is 3.75. The zero-order chi connectivity index (χ0) is 17.8. The number of carbonyl (C=O) groups excluding carboxylic acids is 1. The number of aromatic nitrogens is 3. The van der Waals surface area contributed by atoms with E-state index in [0.717, 1.165) is 5.69 Å². The van der Waals surface area contributed by atoms with Gasteiger partial charge < -0.3 is 4.90 Å². The molecule has 0 unspecified atom stereocenters. The molecule has 1 atom stereocenters. The number of para-hydroxylation sites is 1. The highest BCUT2D eigenvalue weighted by atomic mass is 32.2. The SMILES string of the molecule is C[C@H](Sc1n[nH]c(-c2ccccc2F)n1)C(=O)N(C)c1ccccc1. The van der Waals surface area contributed by atoms with Gasteiger partial charge in [0, 0.05) is 12.7 Å². The van der Waals surface area contributed by atoms with Crippen molar-refractivity contribution in [2.24, 2.45) is 0 Å². The number of nitrogens with one attached hydrogen (secondary N) is 1. The molecule has 1 heterocycles. The van der Waals surface area contributed by atoms with E-state index in [2.05, 4.69) is 15.2 Å². The summed E-state index contributed by atoms with van der Waals surface area (Å²) >= 11 is 1.23. The highest BCUT2D eigenvalue weighted by molar-refractivity contribution is 8.00. The third-order valence-electron chi connectivity index (χ3n) is 3.70. The second-order valence-corrected chi connectivity index (χ2v) is 6.75. The average Bonchev–Trinajstić information content (AvgIpc) is 3.09. The van der Waals surface area contributed by atoms with Gasteiger partial charge in [0.1, 0.15) is 5.82 Å². The van der Waals surface area contributed by atoms with E-state index >= 15 is 0 Å². The minimum absolute atomic E-state index is 0.0616. The molecule has 0 spiro atoms. The molecule has 2 aromatic carbocycles. The van der Waals surface area contributed by atoms with E-state index in [-0.39, 0.29) is 17.0 Å². The van der Waals surface area contributed by atoms with E-state index < -0.39 is 0 Å². The molecule has 1 N–H and O–H groups in total. The van der Waals surface area contributed by atoms with Crippen molar-refractivity contribution in [3.63, 3.8) is 0 Å². The topological polar surface area (TPSA) is 61.9 Å². The lowest BCUT2D eigenvalue weighted by Gasteiger charge is -2.20. The monoisotopic (exact) mass is 356 g/mol. The Balaban J connectivity index is 1.70. The minimum atomic E-state index is -0.380. The Labute approximate surface area is 149 Å². The molecule has 3 aromatic rings. The van der Waals surface area contributed by atoms with Crippen molar-refractivity contribution in [3.05, 3.63) is 60.4 Å². The quantitative estimate of drug-likeness (QED) is 0.707. The van der Waals surface area contributed by atoms with Crippen LogP contribution in [0.5, 0.6) is 0 Å². The number of aromatic amines is 1. The molecule has 0 aliphatic rings. The maximum Gasteiger partial charge on any atom is 0.240 e. The first-order valence-electron chi connectivity index (χ1n) is 7.73. The van der Waals surface area contributed by atoms with Crippen LogP contribution in [0.3, 0.4) is 0 Å². The molecule has 0 fully saturated rings. The van der Waals surface area contributed by atoms with E-state index in [1.807, 2.05) is 30.3 Å². The smallest absolute Gasteiger partial charge is 0.240 e. The Kier molecular flexibility index (Phi) is 5.14. The van der Waals surface area contributed by atoms with Gasteiger partial charge in [-0.05, 0) is 31.2 Å². The highest BCUT2D eigenvalue weighted by Gasteiger charge is 2.22. The predicted molar refractivity (Wildman–Crippen MR) is 96.9 cm³/mol. The fraction of sp³-hybridized carbons (Fsp3) is 0.167. The van der Waals surface area contributed by atoms with Crippen LogP contribution in [0.15, 0.2) is 59.8 Å². The second-order valence-electron chi connectivity index (χ2n) is 5.44. The van der Waals surface area contributed by atoms with Crippen LogP contribution in [0.1, 0.15) is 6.92 Å². The highest BCUT2D eigenvalue weighted by Crippen LogP contribution is 2.26. The lowest BCUT2D eigenvalue weighted by molar-refractivity contribution is -0.117. The number of hydrogen-bond donors (Lipinski definition) is 1. The van der Waals surface area contributed by atoms with Crippen LogP contribution in [0.4, 0.5) is 10.1 Å². The summed E-state index contributed by atoms with van der Waals surface area (Å²) in [6.07, 6.45) is 0. The van der Waals surface area contributed by atoms with E-state index in [9.17, 15) is 9.18 Å². The van der Waals surface area contributed by atoms with Crippen LogP contribution < -0.4 is 4.90 Å². The summed E-state index contributed by atoms with van der Waals surface area (Å²) in [5, 5.41) is 6.82. The third kappa shape index (κ3) is 3.88. The Bertz CT molecular complexity index is 868. The van der Waals surface area contributed by atoms with Crippen LogP contribution in [0.2, 0.25) is 0 Å². The summed E-state index contributed by atoms with van der Waals surface area (Å²) in [4.78, 5) is 18.4. The zero-order valence-electron chi connectivity index (χ0n) is 13.8. The zero-order valence-corrected chi connectivity index (χ0v) is 14.6. The standard InChI is InChI=1S/C18H17FN4OS/c1-12(17(24)23(2)13-8-4-3-5-9-13)25-18-20-16(21-22-18)14-10-6-7-11-15(14)19/h3-12H,1-2H3,(H,20,21,22)/t12-/m0/s1. The largest absolute Gasteiger partial charge is 0.315 e. The van der Waals surface area contributed by atoms with E-state index in [1.54, 1.807) is 37.1 Å². The Hall–Kier alpha value is -2.67. The molecule has 0 saturated heterocycles. The lowest BCUT2D eigenvalue weighted by atomic mass is 10.2. The molecule has 5 nitrogen and oxygen atoms in total. The molecular weight excluding hydrogens is 339 g/mol. The van der Waals surface area contributed by atoms with Crippen LogP contribution in [-0.2, 0) is 4.79 Å². The second kappa shape index (κ2) is 7.48. The summed E-state index contributed by atoms with van der Waals surface area (Å²) in [5.74, 6) is -0.0896. The summed E-state index contributed by atoms with van der Waals surface area (Å²) in [6.45, 7) is 1.80. The first-order valence-corrected chi connectivity index (χ1v) is 8.61. The van der Waals surface area contributed by atoms with Gasteiger partial charge in [-0.3, -0.25) is 9.89 Å². The normalized spacial score (nSPS) is 12.0. The van der Waals surface area contributed by atoms with Crippen molar-refractivity contribution < 1.29 is 9.18 Å². The van der Waals surface area contributed by atoms with E-state index in [1.165, 1.54) is 17.8 Å². The number of carbonyl (C=O) groups is 1. The maximum absolute atomic E-state index is 13.8. The first kappa shape index (κ1) is 17.2. The van der Waals surface area contributed by atoms with Gasteiger partial charge in [-0.1, -0.05) is 42.1 Å². The molecule has 0 radical (unpaired) electrons. The van der Waals surface area contributed by atoms with Gasteiger partial charge in [0.15, 0.2) is 5.82 Å². The minimum Gasteiger partial charge on any atom is -0.315 e. The van der Waals surface area contributed by atoms with Crippen LogP contribution in [0, 0.1) is 5.82 Å². The fourth-order valence-electron chi connectivity index (χ4n) is 2.33. The number of benzene rings is 2. The Morgan fingerprint density at radius 1 is 1.16 bits per heavy atom. The number of anilines is 1. The molecule has 128 valence electrons. The van der Waals surface area contributed by atoms with Gasteiger partial charge >= 0.3 is 0 Å². The number of rotatable bonds is 5. The Morgan fingerprint density at radius 2 is 1.84 bits per heavy atom. The number of hydrogen-bond acceptors (Lipinski definition) is 4. The van der Waals surface area contributed by atoms with Crippen LogP contribution in [0.25, 0.3) is 11.4 Å². The molecule has 7 heteroatoms. The molecule has 0 aliphatic carbocycles. The molecule has 0 aliphatic heterocycles. The van der Waals surface area contributed by atoms with Gasteiger partial charge in [0.25, 0.3) is 0 Å². The number of nitrogens with zero attached hydrogens (tertiary/aromatic N) is 3. The van der Waals surface area contributed by atoms with Crippen molar-refractivity contribution >= 4 is 23.4 Å². The molecule has 25 heavy (non-hydrogen) atoms.